The second kappa shape index (κ2) is 9.67. The molecule has 1 aromatic carbocycles. The number of carbonyl (C=O) groups excluding carboxylic acids is 1. The summed E-state index contributed by atoms with van der Waals surface area (Å²) in [6.07, 6.45) is 6.50. The first kappa shape index (κ1) is 23.5. The second-order valence-corrected chi connectivity index (χ2v) is 10.0. The molecule has 178 valence electrons. The normalized spacial score (nSPS) is 29.5. The summed E-state index contributed by atoms with van der Waals surface area (Å²) in [7, 11) is 3.75. The predicted octanol–water partition coefficient (Wildman–Crippen LogP) is 2.30. The Bertz CT molecular complexity index is 760. The highest BCUT2D eigenvalue weighted by atomic mass is 16.5. The molecule has 7 heteroatoms. The number of hydrogen-bond donors (Lipinski definition) is 3. The smallest absolute Gasteiger partial charge is 0.320 e. The molecule has 0 bridgehead atoms. The first-order chi connectivity index (χ1) is 15.5. The molecule has 3 aliphatic rings. The lowest BCUT2D eigenvalue weighted by atomic mass is 9.68. The zero-order valence-corrected chi connectivity index (χ0v) is 19.7. The summed E-state index contributed by atoms with van der Waals surface area (Å²) < 4.78 is 5.10. The maximum Gasteiger partial charge on any atom is 0.320 e. The molecule has 1 aromatic rings. The quantitative estimate of drug-likeness (QED) is 0.483. The van der Waals surface area contributed by atoms with E-state index < -0.39 is 5.60 Å². The highest BCUT2D eigenvalue weighted by Gasteiger charge is 2.55. The van der Waals surface area contributed by atoms with Gasteiger partial charge in [0.25, 0.3) is 0 Å². The molecule has 1 spiro atoms. The molecule has 7 nitrogen and oxygen atoms in total. The fraction of sp³-hybridized carbons (Fsp3) is 0.720. The summed E-state index contributed by atoms with van der Waals surface area (Å²) in [5.41, 5.74) is 0.380. The van der Waals surface area contributed by atoms with Crippen molar-refractivity contribution in [2.45, 2.75) is 61.6 Å². The van der Waals surface area contributed by atoms with Gasteiger partial charge in [-0.3, -0.25) is 0 Å². The molecule has 2 saturated carbocycles. The van der Waals surface area contributed by atoms with E-state index in [0.717, 1.165) is 64.6 Å². The van der Waals surface area contributed by atoms with Gasteiger partial charge in [0.2, 0.25) is 0 Å². The Kier molecular flexibility index (Phi) is 7.10. The van der Waals surface area contributed by atoms with E-state index in [2.05, 4.69) is 48.0 Å². The van der Waals surface area contributed by atoms with Crippen molar-refractivity contribution in [3.8, 4) is 0 Å². The van der Waals surface area contributed by atoms with Crippen molar-refractivity contribution in [2.24, 2.45) is 0 Å². The van der Waals surface area contributed by atoms with E-state index in [0.29, 0.717) is 19.7 Å². The molecule has 4 rings (SSSR count). The zero-order valence-electron chi connectivity index (χ0n) is 19.7. The Morgan fingerprint density at radius 2 is 1.78 bits per heavy atom. The van der Waals surface area contributed by atoms with E-state index >= 15 is 0 Å². The Hall–Kier alpha value is -1.67. The maximum atomic E-state index is 13.5. The van der Waals surface area contributed by atoms with Gasteiger partial charge >= 0.3 is 6.03 Å². The number of aliphatic hydroxyl groups is 1. The van der Waals surface area contributed by atoms with Crippen LogP contribution in [0.1, 0.15) is 50.5 Å². The number of ether oxygens (including phenoxy) is 1. The number of methoxy groups -OCH3 is 1. The number of hydrogen-bond acceptors (Lipinski definition) is 5. The highest BCUT2D eigenvalue weighted by molar-refractivity contribution is 5.78. The van der Waals surface area contributed by atoms with Crippen LogP contribution in [0.4, 0.5) is 4.79 Å². The minimum atomic E-state index is -0.702. The van der Waals surface area contributed by atoms with Crippen LogP contribution in [0.5, 0.6) is 0 Å². The van der Waals surface area contributed by atoms with Crippen molar-refractivity contribution in [1.82, 2.24) is 20.4 Å². The van der Waals surface area contributed by atoms with E-state index in [1.165, 1.54) is 5.56 Å². The fourth-order valence-corrected chi connectivity index (χ4v) is 5.85. The molecule has 0 atom stereocenters. The van der Waals surface area contributed by atoms with Gasteiger partial charge in [-0.25, -0.2) is 4.79 Å². The van der Waals surface area contributed by atoms with Crippen LogP contribution >= 0.6 is 0 Å². The molecule has 3 fully saturated rings. The molecular formula is C25H40N4O3. The van der Waals surface area contributed by atoms with Crippen LogP contribution < -0.4 is 10.6 Å². The monoisotopic (exact) mass is 444 g/mol. The number of benzene rings is 1. The second-order valence-electron chi connectivity index (χ2n) is 10.0. The molecule has 1 aliphatic heterocycles. The van der Waals surface area contributed by atoms with Gasteiger partial charge in [-0.15, -0.1) is 0 Å². The molecule has 1 heterocycles. The molecule has 0 unspecified atom stereocenters. The number of carbonyl (C=O) groups is 1. The molecular weight excluding hydrogens is 404 g/mol. The topological polar surface area (TPSA) is 77.1 Å². The van der Waals surface area contributed by atoms with Gasteiger partial charge in [0.15, 0.2) is 0 Å². The van der Waals surface area contributed by atoms with E-state index in [-0.39, 0.29) is 17.1 Å². The number of urea groups is 1. The van der Waals surface area contributed by atoms with E-state index in [9.17, 15) is 9.90 Å². The van der Waals surface area contributed by atoms with Crippen LogP contribution in [0.15, 0.2) is 30.3 Å². The lowest BCUT2D eigenvalue weighted by Gasteiger charge is -2.50. The van der Waals surface area contributed by atoms with Gasteiger partial charge in [-0.2, -0.15) is 0 Å². The van der Waals surface area contributed by atoms with Crippen LogP contribution in [-0.4, -0.2) is 85.6 Å². The van der Waals surface area contributed by atoms with Crippen molar-refractivity contribution in [3.63, 3.8) is 0 Å². The summed E-state index contributed by atoms with van der Waals surface area (Å²) in [6.45, 7) is 4.13. The largest absolute Gasteiger partial charge is 0.388 e. The minimum absolute atomic E-state index is 0.0519. The summed E-state index contributed by atoms with van der Waals surface area (Å²) in [4.78, 5) is 17.5. The Morgan fingerprint density at radius 3 is 2.38 bits per heavy atom. The van der Waals surface area contributed by atoms with Gasteiger partial charge in [0.1, 0.15) is 0 Å². The average Bonchev–Trinajstić information content (AvgIpc) is 3.05. The number of rotatable bonds is 10. The van der Waals surface area contributed by atoms with E-state index in [4.69, 9.17) is 4.74 Å². The summed E-state index contributed by atoms with van der Waals surface area (Å²) in [5.74, 6) is 0. The lowest BCUT2D eigenvalue weighted by molar-refractivity contribution is -0.0690. The van der Waals surface area contributed by atoms with E-state index in [1.54, 1.807) is 7.11 Å². The molecule has 2 amide bonds. The zero-order chi connectivity index (χ0) is 22.7. The Morgan fingerprint density at radius 1 is 1.06 bits per heavy atom. The first-order valence-corrected chi connectivity index (χ1v) is 12.2. The molecule has 32 heavy (non-hydrogen) atoms. The predicted molar refractivity (Wildman–Crippen MR) is 126 cm³/mol. The van der Waals surface area contributed by atoms with Crippen LogP contribution in [0.25, 0.3) is 0 Å². The van der Waals surface area contributed by atoms with Crippen molar-refractivity contribution in [3.05, 3.63) is 35.9 Å². The number of nitrogens with zero attached hydrogens (tertiary/aromatic N) is 2. The average molecular weight is 445 g/mol. The van der Waals surface area contributed by atoms with Crippen LogP contribution in [0.3, 0.4) is 0 Å². The third-order valence-electron chi connectivity index (χ3n) is 8.18. The molecule has 3 N–H and O–H groups in total. The standard InChI is InChI=1S/C25H40N4O3/c1-26-25(21-7-4-3-5-8-21)13-11-23(12-14-25)19-28(17-15-27-16-18-32-2)22(30)29(23)20-24(31)9-6-10-24/h3-5,7-8,26-27,31H,6,9-20H2,1-2H3/t23-,25+. The third-order valence-corrected chi connectivity index (χ3v) is 8.18. The molecule has 2 aliphatic carbocycles. The minimum Gasteiger partial charge on any atom is -0.388 e. The van der Waals surface area contributed by atoms with Crippen molar-refractivity contribution in [2.75, 3.05) is 53.5 Å². The maximum absolute atomic E-state index is 13.5. The van der Waals surface area contributed by atoms with Crippen molar-refractivity contribution >= 4 is 6.03 Å². The lowest BCUT2D eigenvalue weighted by Crippen LogP contribution is -2.59. The van der Waals surface area contributed by atoms with Crippen LogP contribution in [0.2, 0.25) is 0 Å². The SMILES string of the molecule is CN[C@]1(c2ccccc2)CC[C@]2(CC1)CN(CCNCCOC)C(=O)N2CC1(O)CCC1. The fourth-order valence-electron chi connectivity index (χ4n) is 5.85. The Labute approximate surface area is 192 Å². The van der Waals surface area contributed by atoms with E-state index in [1.807, 2.05) is 9.80 Å². The van der Waals surface area contributed by atoms with Gasteiger partial charge in [-0.1, -0.05) is 30.3 Å². The molecule has 1 saturated heterocycles. The summed E-state index contributed by atoms with van der Waals surface area (Å²) >= 11 is 0. The first-order valence-electron chi connectivity index (χ1n) is 12.2. The molecule has 0 radical (unpaired) electrons. The van der Waals surface area contributed by atoms with Crippen molar-refractivity contribution in [1.29, 1.82) is 0 Å². The number of amides is 2. The number of nitrogens with one attached hydrogen (secondary N) is 2. The van der Waals surface area contributed by atoms with Crippen molar-refractivity contribution < 1.29 is 14.6 Å². The summed E-state index contributed by atoms with van der Waals surface area (Å²) in [5, 5.41) is 17.9. The summed E-state index contributed by atoms with van der Waals surface area (Å²) in [6, 6.07) is 10.8. The van der Waals surface area contributed by atoms with Gasteiger partial charge < -0.3 is 30.3 Å². The third kappa shape index (κ3) is 4.53. The van der Waals surface area contributed by atoms with Gasteiger partial charge in [0.05, 0.1) is 24.3 Å². The van der Waals surface area contributed by atoms with Gasteiger partial charge in [-0.05, 0) is 57.6 Å². The van der Waals surface area contributed by atoms with Crippen LogP contribution in [0, 0.1) is 0 Å². The van der Waals surface area contributed by atoms with Gasteiger partial charge in [0, 0.05) is 38.8 Å². The Balaban J connectivity index is 1.49. The highest BCUT2D eigenvalue weighted by Crippen LogP contribution is 2.48. The molecule has 0 aromatic heterocycles. The number of β-amino-alcohol motifs (C(OH)–C–C–N with tert-alkyl or cyclic N) is 1. The van der Waals surface area contributed by atoms with Crippen LogP contribution in [-0.2, 0) is 10.3 Å².